The van der Waals surface area contributed by atoms with Gasteiger partial charge in [-0.05, 0) is 18.6 Å². The first-order chi connectivity index (χ1) is 8.25. The summed E-state index contributed by atoms with van der Waals surface area (Å²) in [7, 11) is 0. The van der Waals surface area contributed by atoms with Crippen molar-refractivity contribution in [2.24, 2.45) is 0 Å². The first-order valence-electron chi connectivity index (χ1n) is 5.20. The maximum atomic E-state index is 10.3. The highest BCUT2D eigenvalue weighted by atomic mass is 16.5. The lowest BCUT2D eigenvalue weighted by atomic mass is 10.2. The van der Waals surface area contributed by atoms with E-state index < -0.39 is 5.97 Å². The molecule has 6 heteroatoms. The van der Waals surface area contributed by atoms with E-state index in [1.54, 1.807) is 18.5 Å². The lowest BCUT2D eigenvalue weighted by Crippen LogP contribution is -1.95. The smallest absolute Gasteiger partial charge is 0.303 e. The van der Waals surface area contributed by atoms with Crippen LogP contribution in [0.1, 0.15) is 18.7 Å². The van der Waals surface area contributed by atoms with Gasteiger partial charge in [-0.15, -0.1) is 0 Å². The number of hydrogen-bond acceptors (Lipinski definition) is 5. The van der Waals surface area contributed by atoms with Crippen LogP contribution in [0.5, 0.6) is 0 Å². The van der Waals surface area contributed by atoms with E-state index in [0.29, 0.717) is 24.6 Å². The van der Waals surface area contributed by atoms with Crippen LogP contribution >= 0.6 is 0 Å². The van der Waals surface area contributed by atoms with Crippen molar-refractivity contribution in [2.75, 3.05) is 0 Å². The second kappa shape index (κ2) is 5.20. The normalized spacial score (nSPS) is 10.4. The molecule has 0 saturated heterocycles. The Bertz CT molecular complexity index is 496. The van der Waals surface area contributed by atoms with E-state index in [-0.39, 0.29) is 6.42 Å². The third kappa shape index (κ3) is 3.10. The Morgan fingerprint density at radius 1 is 1.47 bits per heavy atom. The number of aryl methyl sites for hydroxylation is 1. The molecule has 0 bridgehead atoms. The standard InChI is InChI=1S/C11H11N3O3/c15-10(16)5-1-4-9-13-11(14-17-9)8-3-2-6-12-7-8/h2-3,6-7H,1,4-5H2,(H,15,16). The minimum absolute atomic E-state index is 0.102. The maximum Gasteiger partial charge on any atom is 0.303 e. The summed E-state index contributed by atoms with van der Waals surface area (Å²) < 4.78 is 5.02. The summed E-state index contributed by atoms with van der Waals surface area (Å²) in [6.45, 7) is 0. The molecule has 0 radical (unpaired) electrons. The van der Waals surface area contributed by atoms with Gasteiger partial charge in [-0.1, -0.05) is 5.16 Å². The number of rotatable bonds is 5. The molecule has 0 aliphatic carbocycles. The van der Waals surface area contributed by atoms with E-state index in [9.17, 15) is 4.79 Å². The number of aliphatic carboxylic acids is 1. The van der Waals surface area contributed by atoms with Crippen LogP contribution in [-0.4, -0.2) is 26.2 Å². The fraction of sp³-hybridized carbons (Fsp3) is 0.273. The zero-order chi connectivity index (χ0) is 12.1. The lowest BCUT2D eigenvalue weighted by molar-refractivity contribution is -0.137. The van der Waals surface area contributed by atoms with Crippen molar-refractivity contribution in [1.82, 2.24) is 15.1 Å². The fourth-order valence-electron chi connectivity index (χ4n) is 1.36. The summed E-state index contributed by atoms with van der Waals surface area (Å²) in [4.78, 5) is 18.5. The monoisotopic (exact) mass is 233 g/mol. The number of aromatic nitrogens is 3. The Labute approximate surface area is 97.3 Å². The molecule has 0 amide bonds. The Hall–Kier alpha value is -2.24. The van der Waals surface area contributed by atoms with Crippen LogP contribution in [0, 0.1) is 0 Å². The summed E-state index contributed by atoms with van der Waals surface area (Å²) in [5.74, 6) is 0.102. The first kappa shape index (κ1) is 11.3. The number of carboxylic acid groups (broad SMARTS) is 1. The van der Waals surface area contributed by atoms with Crippen molar-refractivity contribution in [3.63, 3.8) is 0 Å². The van der Waals surface area contributed by atoms with E-state index in [4.69, 9.17) is 9.63 Å². The Morgan fingerprint density at radius 3 is 3.06 bits per heavy atom. The highest BCUT2D eigenvalue weighted by Gasteiger charge is 2.08. The molecule has 1 N–H and O–H groups in total. The Kier molecular flexibility index (Phi) is 3.44. The van der Waals surface area contributed by atoms with Crippen molar-refractivity contribution in [3.8, 4) is 11.4 Å². The molecule has 2 aromatic heterocycles. The average Bonchev–Trinajstić information content (AvgIpc) is 2.78. The van der Waals surface area contributed by atoms with Gasteiger partial charge in [0, 0.05) is 30.8 Å². The van der Waals surface area contributed by atoms with Crippen LogP contribution in [-0.2, 0) is 11.2 Å². The molecule has 0 aromatic carbocycles. The number of hydrogen-bond donors (Lipinski definition) is 1. The summed E-state index contributed by atoms with van der Waals surface area (Å²) in [5, 5.41) is 12.3. The van der Waals surface area contributed by atoms with Crippen LogP contribution < -0.4 is 0 Å². The zero-order valence-corrected chi connectivity index (χ0v) is 9.04. The fourth-order valence-corrected chi connectivity index (χ4v) is 1.36. The van der Waals surface area contributed by atoms with Gasteiger partial charge in [-0.2, -0.15) is 4.98 Å². The lowest BCUT2D eigenvalue weighted by Gasteiger charge is -1.91. The van der Waals surface area contributed by atoms with Gasteiger partial charge < -0.3 is 9.63 Å². The van der Waals surface area contributed by atoms with Crippen molar-refractivity contribution in [3.05, 3.63) is 30.4 Å². The highest BCUT2D eigenvalue weighted by Crippen LogP contribution is 2.14. The van der Waals surface area contributed by atoms with Gasteiger partial charge >= 0.3 is 5.97 Å². The molecule has 0 aliphatic rings. The minimum atomic E-state index is -0.822. The molecule has 2 heterocycles. The molecule has 0 saturated carbocycles. The van der Waals surface area contributed by atoms with E-state index in [1.807, 2.05) is 6.07 Å². The predicted molar refractivity (Wildman–Crippen MR) is 58.1 cm³/mol. The van der Waals surface area contributed by atoms with Gasteiger partial charge in [0.25, 0.3) is 0 Å². The SMILES string of the molecule is O=C(O)CCCc1nc(-c2cccnc2)no1. The van der Waals surface area contributed by atoms with Gasteiger partial charge in [0.05, 0.1) is 0 Å². The van der Waals surface area contributed by atoms with Gasteiger partial charge in [0.1, 0.15) is 0 Å². The van der Waals surface area contributed by atoms with Crippen LogP contribution in [0.2, 0.25) is 0 Å². The number of carbonyl (C=O) groups is 1. The van der Waals surface area contributed by atoms with Crippen LogP contribution in [0.15, 0.2) is 29.0 Å². The second-order valence-electron chi connectivity index (χ2n) is 3.50. The molecule has 0 fully saturated rings. The molecule has 0 aliphatic heterocycles. The van der Waals surface area contributed by atoms with E-state index in [1.165, 1.54) is 0 Å². The van der Waals surface area contributed by atoms with Crippen LogP contribution in [0.25, 0.3) is 11.4 Å². The highest BCUT2D eigenvalue weighted by molar-refractivity contribution is 5.66. The topological polar surface area (TPSA) is 89.1 Å². The first-order valence-corrected chi connectivity index (χ1v) is 5.20. The molecule has 2 rings (SSSR count). The van der Waals surface area contributed by atoms with Crippen molar-refractivity contribution >= 4 is 5.97 Å². The number of carboxylic acids is 1. The number of nitrogens with zero attached hydrogens (tertiary/aromatic N) is 3. The quantitative estimate of drug-likeness (QED) is 0.842. The summed E-state index contributed by atoms with van der Waals surface area (Å²) in [6.07, 6.45) is 4.37. The zero-order valence-electron chi connectivity index (χ0n) is 9.04. The molecule has 17 heavy (non-hydrogen) atoms. The van der Waals surface area contributed by atoms with Gasteiger partial charge in [-0.3, -0.25) is 9.78 Å². The molecular weight excluding hydrogens is 222 g/mol. The van der Waals surface area contributed by atoms with Gasteiger partial charge in [0.15, 0.2) is 0 Å². The van der Waals surface area contributed by atoms with E-state index in [2.05, 4.69) is 15.1 Å². The second-order valence-corrected chi connectivity index (χ2v) is 3.50. The maximum absolute atomic E-state index is 10.3. The summed E-state index contributed by atoms with van der Waals surface area (Å²) in [6, 6.07) is 3.62. The van der Waals surface area contributed by atoms with Crippen LogP contribution in [0.3, 0.4) is 0 Å². The Balaban J connectivity index is 1.99. The van der Waals surface area contributed by atoms with Crippen molar-refractivity contribution < 1.29 is 14.4 Å². The third-order valence-electron chi connectivity index (χ3n) is 2.17. The molecule has 2 aromatic rings. The summed E-state index contributed by atoms with van der Waals surface area (Å²) >= 11 is 0. The van der Waals surface area contributed by atoms with Gasteiger partial charge in [0.2, 0.25) is 11.7 Å². The minimum Gasteiger partial charge on any atom is -0.481 e. The predicted octanol–water partition coefficient (Wildman–Crippen LogP) is 1.54. The molecule has 6 nitrogen and oxygen atoms in total. The third-order valence-corrected chi connectivity index (χ3v) is 2.17. The molecule has 88 valence electrons. The number of pyridine rings is 1. The van der Waals surface area contributed by atoms with E-state index >= 15 is 0 Å². The van der Waals surface area contributed by atoms with Crippen LogP contribution in [0.4, 0.5) is 0 Å². The van der Waals surface area contributed by atoms with Crippen molar-refractivity contribution in [2.45, 2.75) is 19.3 Å². The molecule has 0 unspecified atom stereocenters. The van der Waals surface area contributed by atoms with Crippen molar-refractivity contribution in [1.29, 1.82) is 0 Å². The van der Waals surface area contributed by atoms with E-state index in [0.717, 1.165) is 5.56 Å². The Morgan fingerprint density at radius 2 is 2.35 bits per heavy atom. The van der Waals surface area contributed by atoms with Gasteiger partial charge in [-0.25, -0.2) is 0 Å². The molecule has 0 atom stereocenters. The average molecular weight is 233 g/mol. The summed E-state index contributed by atoms with van der Waals surface area (Å²) in [5.41, 5.74) is 0.778. The molecular formula is C11H11N3O3. The largest absolute Gasteiger partial charge is 0.481 e. The molecule has 0 spiro atoms.